The maximum atomic E-state index is 8.88. The molecule has 0 spiro atoms. The van der Waals surface area contributed by atoms with Crippen LogP contribution in [0.2, 0.25) is 0 Å². The summed E-state index contributed by atoms with van der Waals surface area (Å²) in [5, 5.41) is 10.1. The van der Waals surface area contributed by atoms with Crippen molar-refractivity contribution >= 4 is 10.9 Å². The van der Waals surface area contributed by atoms with Gasteiger partial charge in [-0.2, -0.15) is 0 Å². The fourth-order valence-electron chi connectivity index (χ4n) is 1.70. The van der Waals surface area contributed by atoms with Crippen molar-refractivity contribution in [1.29, 1.82) is 0 Å². The normalized spacial score (nSPS) is 10.9. The van der Waals surface area contributed by atoms with Crippen molar-refractivity contribution in [3.63, 3.8) is 0 Å². The highest BCUT2D eigenvalue weighted by molar-refractivity contribution is 5.83. The second kappa shape index (κ2) is 3.23. The van der Waals surface area contributed by atoms with Gasteiger partial charge in [0.2, 0.25) is 0 Å². The Balaban J connectivity index is 2.60. The van der Waals surface area contributed by atoms with Crippen molar-refractivity contribution in [3.05, 3.63) is 35.5 Å². The highest BCUT2D eigenvalue weighted by Gasteiger charge is 2.01. The second-order valence-corrected chi connectivity index (χ2v) is 3.30. The molecule has 1 heterocycles. The Kier molecular flexibility index (Phi) is 2.07. The molecule has 2 N–H and O–H groups in total. The number of hydrogen-bond acceptors (Lipinski definition) is 1. The molecule has 1 aromatic carbocycles. The van der Waals surface area contributed by atoms with E-state index in [1.165, 1.54) is 16.6 Å². The van der Waals surface area contributed by atoms with E-state index in [-0.39, 0.29) is 6.61 Å². The molecule has 0 aliphatic carbocycles. The van der Waals surface area contributed by atoms with Gasteiger partial charge in [0.1, 0.15) is 0 Å². The van der Waals surface area contributed by atoms with Gasteiger partial charge in [-0.1, -0.05) is 12.1 Å². The third kappa shape index (κ3) is 1.45. The summed E-state index contributed by atoms with van der Waals surface area (Å²) in [4.78, 5) is 3.28. The first-order chi connectivity index (χ1) is 6.31. The highest BCUT2D eigenvalue weighted by atomic mass is 16.2. The van der Waals surface area contributed by atoms with Gasteiger partial charge in [0, 0.05) is 23.2 Å². The van der Waals surface area contributed by atoms with Gasteiger partial charge in [0.25, 0.3) is 0 Å². The molecular weight excluding hydrogens is 162 g/mol. The van der Waals surface area contributed by atoms with Gasteiger partial charge in [-0.05, 0) is 31.0 Å². The largest absolute Gasteiger partial charge is 0.396 e. The Morgan fingerprint density at radius 2 is 2.23 bits per heavy atom. The monoisotopic (exact) mass is 175 g/mol. The van der Waals surface area contributed by atoms with Crippen molar-refractivity contribution in [1.82, 2.24) is 4.98 Å². The lowest BCUT2D eigenvalue weighted by atomic mass is 10.1. The third-order valence-electron chi connectivity index (χ3n) is 2.27. The zero-order chi connectivity index (χ0) is 9.26. The van der Waals surface area contributed by atoms with E-state index in [2.05, 4.69) is 23.2 Å². The highest BCUT2D eigenvalue weighted by Crippen LogP contribution is 2.19. The van der Waals surface area contributed by atoms with Gasteiger partial charge in [-0.25, -0.2) is 0 Å². The Hall–Kier alpha value is -1.28. The zero-order valence-corrected chi connectivity index (χ0v) is 7.67. The summed E-state index contributed by atoms with van der Waals surface area (Å²) in [5.74, 6) is 0. The minimum Gasteiger partial charge on any atom is -0.396 e. The summed E-state index contributed by atoms with van der Waals surface area (Å²) in [6, 6.07) is 8.26. The summed E-state index contributed by atoms with van der Waals surface area (Å²) in [6.45, 7) is 2.26. The lowest BCUT2D eigenvalue weighted by Crippen LogP contribution is -1.90. The molecule has 0 aliphatic heterocycles. The van der Waals surface area contributed by atoms with E-state index in [1.807, 2.05) is 13.0 Å². The van der Waals surface area contributed by atoms with E-state index in [4.69, 9.17) is 5.11 Å². The molecule has 0 radical (unpaired) electrons. The van der Waals surface area contributed by atoms with Gasteiger partial charge in [0.05, 0.1) is 0 Å². The number of hydrogen-bond donors (Lipinski definition) is 2. The van der Waals surface area contributed by atoms with E-state index >= 15 is 0 Å². The Morgan fingerprint density at radius 3 is 3.00 bits per heavy atom. The van der Waals surface area contributed by atoms with Crippen molar-refractivity contribution in [2.75, 3.05) is 6.61 Å². The number of H-pyrrole nitrogens is 1. The number of aliphatic hydroxyl groups is 1. The first-order valence-corrected chi connectivity index (χ1v) is 4.49. The first-order valence-electron chi connectivity index (χ1n) is 4.49. The first kappa shape index (κ1) is 8.32. The van der Waals surface area contributed by atoms with Gasteiger partial charge in [0.15, 0.2) is 0 Å². The molecule has 0 unspecified atom stereocenters. The summed E-state index contributed by atoms with van der Waals surface area (Å²) < 4.78 is 0. The quantitative estimate of drug-likeness (QED) is 0.719. The summed E-state index contributed by atoms with van der Waals surface area (Å²) in [5.41, 5.74) is 3.54. The minimum absolute atomic E-state index is 0.212. The van der Waals surface area contributed by atoms with Crippen LogP contribution in [0.4, 0.5) is 0 Å². The zero-order valence-electron chi connectivity index (χ0n) is 7.67. The van der Waals surface area contributed by atoms with Crippen molar-refractivity contribution in [3.8, 4) is 0 Å². The van der Waals surface area contributed by atoms with E-state index in [0.29, 0.717) is 0 Å². The van der Waals surface area contributed by atoms with Crippen LogP contribution in [0.5, 0.6) is 0 Å². The Morgan fingerprint density at radius 1 is 1.38 bits per heavy atom. The van der Waals surface area contributed by atoms with Crippen LogP contribution >= 0.6 is 0 Å². The minimum atomic E-state index is 0.212. The van der Waals surface area contributed by atoms with Crippen LogP contribution < -0.4 is 0 Å². The SMILES string of the molecule is Cc1cc2c(CCO)cccc2[nH]1. The Bertz CT molecular complexity index is 417. The number of rotatable bonds is 2. The predicted octanol–water partition coefficient (Wildman–Crippen LogP) is 2.01. The van der Waals surface area contributed by atoms with E-state index in [0.717, 1.165) is 11.9 Å². The average molecular weight is 175 g/mol. The molecule has 68 valence electrons. The lowest BCUT2D eigenvalue weighted by molar-refractivity contribution is 0.300. The molecule has 2 heteroatoms. The Labute approximate surface area is 77.2 Å². The molecule has 0 bridgehead atoms. The number of aromatic nitrogens is 1. The van der Waals surface area contributed by atoms with Crippen LogP contribution in [-0.2, 0) is 6.42 Å². The molecule has 0 saturated heterocycles. The molecular formula is C11H13NO. The lowest BCUT2D eigenvalue weighted by Gasteiger charge is -1.99. The molecule has 0 atom stereocenters. The van der Waals surface area contributed by atoms with Gasteiger partial charge in [-0.15, -0.1) is 0 Å². The molecule has 0 fully saturated rings. The standard InChI is InChI=1S/C11H13NO/c1-8-7-10-9(5-6-13)3-2-4-11(10)12-8/h2-4,7,12-13H,5-6H2,1H3. The van der Waals surface area contributed by atoms with Crippen molar-refractivity contribution in [2.45, 2.75) is 13.3 Å². The maximum Gasteiger partial charge on any atom is 0.0471 e. The van der Waals surface area contributed by atoms with Gasteiger partial charge < -0.3 is 10.1 Å². The molecule has 13 heavy (non-hydrogen) atoms. The number of fused-ring (bicyclic) bond motifs is 1. The third-order valence-corrected chi connectivity index (χ3v) is 2.27. The number of aliphatic hydroxyl groups excluding tert-OH is 1. The van der Waals surface area contributed by atoms with E-state index < -0.39 is 0 Å². The predicted molar refractivity (Wildman–Crippen MR) is 53.8 cm³/mol. The average Bonchev–Trinajstić information content (AvgIpc) is 2.47. The molecule has 0 aliphatic rings. The van der Waals surface area contributed by atoms with Crippen molar-refractivity contribution in [2.24, 2.45) is 0 Å². The number of aryl methyl sites for hydroxylation is 1. The second-order valence-electron chi connectivity index (χ2n) is 3.30. The van der Waals surface area contributed by atoms with Crippen LogP contribution in [0.25, 0.3) is 10.9 Å². The van der Waals surface area contributed by atoms with E-state index in [9.17, 15) is 0 Å². The smallest absolute Gasteiger partial charge is 0.0471 e. The molecule has 2 rings (SSSR count). The molecule has 2 nitrogen and oxygen atoms in total. The summed E-state index contributed by atoms with van der Waals surface area (Å²) in [6.07, 6.45) is 0.731. The van der Waals surface area contributed by atoms with Crippen LogP contribution in [0.1, 0.15) is 11.3 Å². The number of nitrogens with one attached hydrogen (secondary N) is 1. The number of benzene rings is 1. The topological polar surface area (TPSA) is 36.0 Å². The van der Waals surface area contributed by atoms with Crippen LogP contribution in [-0.4, -0.2) is 16.7 Å². The number of aromatic amines is 1. The molecule has 0 saturated carbocycles. The maximum absolute atomic E-state index is 8.88. The fraction of sp³-hybridized carbons (Fsp3) is 0.273. The summed E-state index contributed by atoms with van der Waals surface area (Å²) >= 11 is 0. The van der Waals surface area contributed by atoms with E-state index in [1.54, 1.807) is 0 Å². The van der Waals surface area contributed by atoms with Crippen molar-refractivity contribution < 1.29 is 5.11 Å². The summed E-state index contributed by atoms with van der Waals surface area (Å²) in [7, 11) is 0. The van der Waals surface area contributed by atoms with Gasteiger partial charge >= 0.3 is 0 Å². The molecule has 0 amide bonds. The molecule has 2 aromatic rings. The van der Waals surface area contributed by atoms with Gasteiger partial charge in [-0.3, -0.25) is 0 Å². The molecule has 1 aromatic heterocycles. The van der Waals surface area contributed by atoms with Crippen LogP contribution in [0.15, 0.2) is 24.3 Å². The van der Waals surface area contributed by atoms with Crippen LogP contribution in [0, 0.1) is 6.92 Å². The van der Waals surface area contributed by atoms with Crippen LogP contribution in [0.3, 0.4) is 0 Å². The fourth-order valence-corrected chi connectivity index (χ4v) is 1.70.